The number of hydrogen-bond donors (Lipinski definition) is 0. The summed E-state index contributed by atoms with van der Waals surface area (Å²) in [6.45, 7) is 6.19. The van der Waals surface area contributed by atoms with Gasteiger partial charge in [-0.25, -0.2) is 13.2 Å². The van der Waals surface area contributed by atoms with E-state index < -0.39 is 21.7 Å². The van der Waals surface area contributed by atoms with Crippen LogP contribution in [-0.4, -0.2) is 62.6 Å². The molecule has 1 fully saturated rings. The number of carbonyl (C=O) groups is 1. The number of nitrogens with zero attached hydrogens (tertiary/aromatic N) is 2. The van der Waals surface area contributed by atoms with Gasteiger partial charge in [-0.15, -0.1) is 0 Å². The Labute approximate surface area is 162 Å². The Morgan fingerprint density at radius 1 is 1.26 bits per heavy atom. The molecule has 1 aliphatic heterocycles. The first-order chi connectivity index (χ1) is 12.5. The number of ether oxygens (including phenoxy) is 2. The van der Waals surface area contributed by atoms with Crippen molar-refractivity contribution in [3.8, 4) is 5.75 Å². The van der Waals surface area contributed by atoms with Gasteiger partial charge in [0.25, 0.3) is 0 Å². The molecule has 27 heavy (non-hydrogen) atoms. The summed E-state index contributed by atoms with van der Waals surface area (Å²) in [5, 5.41) is 0. The van der Waals surface area contributed by atoms with Crippen LogP contribution < -0.4 is 4.74 Å². The van der Waals surface area contributed by atoms with Crippen molar-refractivity contribution in [1.82, 2.24) is 9.21 Å². The second-order valence-electron chi connectivity index (χ2n) is 7.85. The standard InChI is InChI=1S/C19H30N2O5S/c1-19(2,3)26-18(22)20(4)16-7-6-12-21(13-16)27(23,24)14-15-8-10-17(25-5)11-9-15/h8-11,16H,6-7,12-14H2,1-5H3/t16-/m1/s1. The van der Waals surface area contributed by atoms with E-state index >= 15 is 0 Å². The Morgan fingerprint density at radius 3 is 2.44 bits per heavy atom. The molecular weight excluding hydrogens is 368 g/mol. The summed E-state index contributed by atoms with van der Waals surface area (Å²) in [5.41, 5.74) is 0.124. The molecule has 1 saturated heterocycles. The number of amides is 1. The molecule has 0 aliphatic carbocycles. The van der Waals surface area contributed by atoms with E-state index in [-0.39, 0.29) is 18.3 Å². The minimum Gasteiger partial charge on any atom is -0.497 e. The molecule has 0 aromatic heterocycles. The third-order valence-electron chi connectivity index (χ3n) is 4.49. The molecule has 1 atom stereocenters. The van der Waals surface area contributed by atoms with Crippen molar-refractivity contribution in [3.05, 3.63) is 29.8 Å². The number of piperidine rings is 1. The molecule has 0 radical (unpaired) electrons. The summed E-state index contributed by atoms with van der Waals surface area (Å²) in [6.07, 6.45) is 1.03. The fourth-order valence-electron chi connectivity index (χ4n) is 3.00. The third kappa shape index (κ3) is 6.10. The van der Waals surface area contributed by atoms with E-state index in [4.69, 9.17) is 9.47 Å². The minimum absolute atomic E-state index is 0.0696. The molecule has 1 heterocycles. The maximum absolute atomic E-state index is 12.8. The Balaban J connectivity index is 2.03. The number of likely N-dealkylation sites (N-methyl/N-ethyl adjacent to an activating group) is 1. The molecule has 7 nitrogen and oxygen atoms in total. The second kappa shape index (κ2) is 8.48. The third-order valence-corrected chi connectivity index (χ3v) is 6.31. The summed E-state index contributed by atoms with van der Waals surface area (Å²) >= 11 is 0. The van der Waals surface area contributed by atoms with Gasteiger partial charge in [-0.2, -0.15) is 4.31 Å². The predicted molar refractivity (Wildman–Crippen MR) is 104 cm³/mol. The minimum atomic E-state index is -3.47. The molecule has 0 N–H and O–H groups in total. The van der Waals surface area contributed by atoms with E-state index in [9.17, 15) is 13.2 Å². The summed E-state index contributed by atoms with van der Waals surface area (Å²) in [4.78, 5) is 13.8. The van der Waals surface area contributed by atoms with Crippen LogP contribution in [0.4, 0.5) is 4.79 Å². The van der Waals surface area contributed by atoms with Crippen molar-refractivity contribution in [2.75, 3.05) is 27.2 Å². The van der Waals surface area contributed by atoms with Gasteiger partial charge in [0.05, 0.1) is 12.9 Å². The van der Waals surface area contributed by atoms with Crippen LogP contribution in [0.25, 0.3) is 0 Å². The van der Waals surface area contributed by atoms with Crippen LogP contribution in [-0.2, 0) is 20.5 Å². The largest absolute Gasteiger partial charge is 0.497 e. The molecular formula is C19H30N2O5S. The van der Waals surface area contributed by atoms with Gasteiger partial charge >= 0.3 is 6.09 Å². The lowest BCUT2D eigenvalue weighted by Crippen LogP contribution is -2.51. The average Bonchev–Trinajstić information content (AvgIpc) is 2.60. The highest BCUT2D eigenvalue weighted by molar-refractivity contribution is 7.88. The van der Waals surface area contributed by atoms with E-state index in [2.05, 4.69) is 0 Å². The molecule has 0 unspecified atom stereocenters. The number of sulfonamides is 1. The van der Waals surface area contributed by atoms with Gasteiger partial charge in [-0.1, -0.05) is 12.1 Å². The lowest BCUT2D eigenvalue weighted by molar-refractivity contribution is 0.0173. The number of hydrogen-bond acceptors (Lipinski definition) is 5. The first kappa shape index (κ1) is 21.5. The lowest BCUT2D eigenvalue weighted by atomic mass is 10.1. The number of methoxy groups -OCH3 is 1. The highest BCUT2D eigenvalue weighted by Crippen LogP contribution is 2.22. The zero-order chi connectivity index (χ0) is 20.2. The molecule has 1 aromatic rings. The van der Waals surface area contributed by atoms with Crippen LogP contribution in [0.2, 0.25) is 0 Å². The van der Waals surface area contributed by atoms with Crippen molar-refractivity contribution in [2.24, 2.45) is 0 Å². The molecule has 1 aliphatic rings. The quantitative estimate of drug-likeness (QED) is 0.762. The van der Waals surface area contributed by atoms with Gasteiger partial charge in [0.15, 0.2) is 0 Å². The first-order valence-corrected chi connectivity index (χ1v) is 10.7. The predicted octanol–water partition coefficient (Wildman–Crippen LogP) is 2.86. The van der Waals surface area contributed by atoms with Gasteiger partial charge in [0.2, 0.25) is 10.0 Å². The molecule has 152 valence electrons. The van der Waals surface area contributed by atoms with Crippen molar-refractivity contribution in [2.45, 2.75) is 51.0 Å². The SMILES string of the molecule is COc1ccc(CS(=O)(=O)N2CCC[C@@H](N(C)C(=O)OC(C)(C)C)C2)cc1. The van der Waals surface area contributed by atoms with Crippen LogP contribution in [0, 0.1) is 0 Å². The average molecular weight is 399 g/mol. The van der Waals surface area contributed by atoms with E-state index in [1.165, 1.54) is 9.21 Å². The van der Waals surface area contributed by atoms with Gasteiger partial charge < -0.3 is 14.4 Å². The maximum atomic E-state index is 12.8. The van der Waals surface area contributed by atoms with Crippen molar-refractivity contribution in [3.63, 3.8) is 0 Å². The highest BCUT2D eigenvalue weighted by atomic mass is 32.2. The molecule has 0 saturated carbocycles. The Morgan fingerprint density at radius 2 is 1.89 bits per heavy atom. The van der Waals surface area contributed by atoms with Crippen LogP contribution >= 0.6 is 0 Å². The highest BCUT2D eigenvalue weighted by Gasteiger charge is 2.33. The van der Waals surface area contributed by atoms with E-state index in [1.807, 2.05) is 20.8 Å². The van der Waals surface area contributed by atoms with Crippen molar-refractivity contribution in [1.29, 1.82) is 0 Å². The van der Waals surface area contributed by atoms with Crippen molar-refractivity contribution < 1.29 is 22.7 Å². The van der Waals surface area contributed by atoms with Crippen LogP contribution in [0.3, 0.4) is 0 Å². The zero-order valence-corrected chi connectivity index (χ0v) is 17.6. The monoisotopic (exact) mass is 398 g/mol. The zero-order valence-electron chi connectivity index (χ0n) is 16.8. The maximum Gasteiger partial charge on any atom is 0.410 e. The molecule has 0 bridgehead atoms. The van der Waals surface area contributed by atoms with Gasteiger partial charge in [0.1, 0.15) is 11.4 Å². The Bertz CT molecular complexity index is 740. The van der Waals surface area contributed by atoms with E-state index in [0.29, 0.717) is 24.3 Å². The fraction of sp³-hybridized carbons (Fsp3) is 0.632. The fourth-order valence-corrected chi connectivity index (χ4v) is 4.60. The second-order valence-corrected chi connectivity index (χ2v) is 9.82. The Hall–Kier alpha value is -1.80. The molecule has 0 spiro atoms. The number of carbonyl (C=O) groups excluding carboxylic acids is 1. The van der Waals surface area contributed by atoms with Gasteiger partial charge in [0, 0.05) is 26.2 Å². The van der Waals surface area contributed by atoms with Gasteiger partial charge in [-0.05, 0) is 51.3 Å². The Kier molecular flexibility index (Phi) is 6.75. The number of benzene rings is 1. The molecule has 1 amide bonds. The van der Waals surface area contributed by atoms with E-state index in [1.54, 1.807) is 38.4 Å². The van der Waals surface area contributed by atoms with Crippen LogP contribution in [0.5, 0.6) is 5.75 Å². The van der Waals surface area contributed by atoms with Gasteiger partial charge in [-0.3, -0.25) is 0 Å². The van der Waals surface area contributed by atoms with E-state index in [0.717, 1.165) is 6.42 Å². The molecule has 8 heteroatoms. The first-order valence-electron chi connectivity index (χ1n) is 9.08. The summed E-state index contributed by atoms with van der Waals surface area (Å²) < 4.78 is 37.7. The smallest absolute Gasteiger partial charge is 0.410 e. The summed E-state index contributed by atoms with van der Waals surface area (Å²) in [5.74, 6) is 0.619. The molecule has 1 aromatic carbocycles. The topological polar surface area (TPSA) is 76.2 Å². The number of rotatable bonds is 5. The normalized spacial score (nSPS) is 18.8. The summed E-state index contributed by atoms with van der Waals surface area (Å²) in [7, 11) is -0.234. The van der Waals surface area contributed by atoms with Crippen molar-refractivity contribution >= 4 is 16.1 Å². The summed E-state index contributed by atoms with van der Waals surface area (Å²) in [6, 6.07) is 6.81. The molecule has 2 rings (SSSR count). The lowest BCUT2D eigenvalue weighted by Gasteiger charge is -2.37. The van der Waals surface area contributed by atoms with Crippen LogP contribution in [0.15, 0.2) is 24.3 Å². The van der Waals surface area contributed by atoms with Crippen LogP contribution in [0.1, 0.15) is 39.2 Å².